The number of nitrogens with zero attached hydrogens (tertiary/aromatic N) is 2. The Morgan fingerprint density at radius 2 is 1.96 bits per heavy atom. The molecule has 1 amide bonds. The highest BCUT2D eigenvalue weighted by molar-refractivity contribution is 5.73. The van der Waals surface area contributed by atoms with Gasteiger partial charge in [-0.25, -0.2) is 0 Å². The predicted molar refractivity (Wildman–Crippen MR) is 104 cm³/mol. The van der Waals surface area contributed by atoms with Crippen LogP contribution in [0.25, 0.3) is 0 Å². The van der Waals surface area contributed by atoms with Crippen molar-refractivity contribution in [2.75, 3.05) is 33.7 Å². The zero-order valence-electron chi connectivity index (χ0n) is 16.8. The average molecular weight is 335 g/mol. The van der Waals surface area contributed by atoms with E-state index in [1.54, 1.807) is 12.5 Å². The first-order chi connectivity index (χ1) is 11.3. The molecular formula is C21H38N2O. The molecule has 0 unspecified atom stereocenters. The SMILES string of the molecule is CC(=O)N(CCCN(C)C)C[C@@H]1CC=C(CCC=C(C)C)C[C@@H]1C. The van der Waals surface area contributed by atoms with E-state index in [1.165, 1.54) is 18.4 Å². The van der Waals surface area contributed by atoms with Crippen molar-refractivity contribution in [1.29, 1.82) is 0 Å². The average Bonchev–Trinajstić information content (AvgIpc) is 2.47. The Morgan fingerprint density at radius 3 is 2.50 bits per heavy atom. The smallest absolute Gasteiger partial charge is 0.219 e. The Labute approximate surface area is 149 Å². The van der Waals surface area contributed by atoms with Crippen LogP contribution in [0.4, 0.5) is 0 Å². The van der Waals surface area contributed by atoms with Crippen molar-refractivity contribution >= 4 is 5.91 Å². The van der Waals surface area contributed by atoms with Gasteiger partial charge in [0, 0.05) is 20.0 Å². The van der Waals surface area contributed by atoms with Crippen LogP contribution in [0.3, 0.4) is 0 Å². The van der Waals surface area contributed by atoms with Gasteiger partial charge in [0.05, 0.1) is 0 Å². The van der Waals surface area contributed by atoms with E-state index in [9.17, 15) is 4.79 Å². The maximum Gasteiger partial charge on any atom is 0.219 e. The Bertz CT molecular complexity index is 447. The number of hydrogen-bond acceptors (Lipinski definition) is 2. The van der Waals surface area contributed by atoms with Gasteiger partial charge >= 0.3 is 0 Å². The van der Waals surface area contributed by atoms with Crippen molar-refractivity contribution in [3.8, 4) is 0 Å². The van der Waals surface area contributed by atoms with Gasteiger partial charge < -0.3 is 9.80 Å². The van der Waals surface area contributed by atoms with E-state index in [2.05, 4.69) is 56.8 Å². The second-order valence-electron chi connectivity index (χ2n) is 7.98. The summed E-state index contributed by atoms with van der Waals surface area (Å²) in [7, 11) is 4.17. The fourth-order valence-corrected chi connectivity index (χ4v) is 3.46. The Hall–Kier alpha value is -1.09. The zero-order valence-corrected chi connectivity index (χ0v) is 16.8. The number of carbonyl (C=O) groups is 1. The summed E-state index contributed by atoms with van der Waals surface area (Å²) in [6.07, 6.45) is 10.5. The Morgan fingerprint density at radius 1 is 1.25 bits per heavy atom. The molecule has 0 aliphatic heterocycles. The van der Waals surface area contributed by atoms with Crippen LogP contribution in [0.15, 0.2) is 23.3 Å². The van der Waals surface area contributed by atoms with Crippen LogP contribution in [0, 0.1) is 11.8 Å². The van der Waals surface area contributed by atoms with Gasteiger partial charge in [0.25, 0.3) is 0 Å². The molecule has 0 N–H and O–H groups in total. The van der Waals surface area contributed by atoms with E-state index in [-0.39, 0.29) is 5.91 Å². The minimum absolute atomic E-state index is 0.222. The quantitative estimate of drug-likeness (QED) is 0.579. The summed E-state index contributed by atoms with van der Waals surface area (Å²) in [4.78, 5) is 16.2. The number of carbonyl (C=O) groups excluding carboxylic acids is 1. The van der Waals surface area contributed by atoms with Crippen molar-refractivity contribution in [2.24, 2.45) is 11.8 Å². The second-order valence-corrected chi connectivity index (χ2v) is 7.98. The molecule has 0 aromatic rings. The molecule has 0 radical (unpaired) electrons. The van der Waals surface area contributed by atoms with E-state index in [4.69, 9.17) is 0 Å². The maximum absolute atomic E-state index is 12.0. The molecule has 0 saturated heterocycles. The highest BCUT2D eigenvalue weighted by atomic mass is 16.2. The minimum atomic E-state index is 0.222. The van der Waals surface area contributed by atoms with E-state index < -0.39 is 0 Å². The molecule has 0 saturated carbocycles. The van der Waals surface area contributed by atoms with E-state index in [1.807, 2.05) is 0 Å². The number of allylic oxidation sites excluding steroid dienone is 4. The number of rotatable bonds is 9. The first-order valence-electron chi connectivity index (χ1n) is 9.51. The Kier molecular flexibility index (Phi) is 9.35. The minimum Gasteiger partial charge on any atom is -0.343 e. The van der Waals surface area contributed by atoms with Crippen LogP contribution < -0.4 is 0 Å². The summed E-state index contributed by atoms with van der Waals surface area (Å²) in [5.41, 5.74) is 3.02. The van der Waals surface area contributed by atoms with Crippen LogP contribution in [0.2, 0.25) is 0 Å². The van der Waals surface area contributed by atoms with Crippen molar-refractivity contribution < 1.29 is 4.79 Å². The third-order valence-corrected chi connectivity index (χ3v) is 5.05. The molecule has 0 bridgehead atoms. The summed E-state index contributed by atoms with van der Waals surface area (Å²) in [5, 5.41) is 0. The lowest BCUT2D eigenvalue weighted by atomic mass is 9.79. The van der Waals surface area contributed by atoms with Gasteiger partial charge in [-0.1, -0.05) is 30.2 Å². The molecule has 0 spiro atoms. The first-order valence-corrected chi connectivity index (χ1v) is 9.51. The third kappa shape index (κ3) is 8.14. The Balaban J connectivity index is 2.50. The third-order valence-electron chi connectivity index (χ3n) is 5.05. The summed E-state index contributed by atoms with van der Waals surface area (Å²) in [6.45, 7) is 11.2. The lowest BCUT2D eigenvalue weighted by molar-refractivity contribution is -0.129. The molecule has 1 aliphatic carbocycles. The van der Waals surface area contributed by atoms with Crippen molar-refractivity contribution in [2.45, 2.75) is 59.8 Å². The van der Waals surface area contributed by atoms with Crippen molar-refractivity contribution in [3.63, 3.8) is 0 Å². The highest BCUT2D eigenvalue weighted by Gasteiger charge is 2.25. The predicted octanol–water partition coefficient (Wildman–Crippen LogP) is 4.51. The van der Waals surface area contributed by atoms with E-state index in [0.29, 0.717) is 11.8 Å². The van der Waals surface area contributed by atoms with Gasteiger partial charge in [0.2, 0.25) is 5.91 Å². The van der Waals surface area contributed by atoms with Gasteiger partial charge in [-0.15, -0.1) is 0 Å². The monoisotopic (exact) mass is 334 g/mol. The molecule has 0 aromatic carbocycles. The van der Waals surface area contributed by atoms with Gasteiger partial charge in [0.15, 0.2) is 0 Å². The second kappa shape index (κ2) is 10.7. The highest BCUT2D eigenvalue weighted by Crippen LogP contribution is 2.32. The normalized spacial score (nSPS) is 20.7. The van der Waals surface area contributed by atoms with Gasteiger partial charge in [-0.05, 0) is 78.4 Å². The molecule has 1 rings (SSSR count). The van der Waals surface area contributed by atoms with E-state index >= 15 is 0 Å². The van der Waals surface area contributed by atoms with Gasteiger partial charge in [-0.2, -0.15) is 0 Å². The molecule has 2 atom stereocenters. The molecule has 0 aromatic heterocycles. The number of amides is 1. The van der Waals surface area contributed by atoms with Crippen molar-refractivity contribution in [3.05, 3.63) is 23.3 Å². The van der Waals surface area contributed by atoms with Crippen LogP contribution in [0.5, 0.6) is 0 Å². The van der Waals surface area contributed by atoms with Crippen LogP contribution in [-0.2, 0) is 4.79 Å². The largest absolute Gasteiger partial charge is 0.343 e. The van der Waals surface area contributed by atoms with Gasteiger partial charge in [-0.3, -0.25) is 4.79 Å². The summed E-state index contributed by atoms with van der Waals surface area (Å²) in [6, 6.07) is 0. The molecular weight excluding hydrogens is 296 g/mol. The molecule has 3 nitrogen and oxygen atoms in total. The summed E-state index contributed by atoms with van der Waals surface area (Å²) in [5.74, 6) is 1.51. The summed E-state index contributed by atoms with van der Waals surface area (Å²) >= 11 is 0. The fraction of sp³-hybridized carbons (Fsp3) is 0.762. The van der Waals surface area contributed by atoms with Crippen LogP contribution >= 0.6 is 0 Å². The lowest BCUT2D eigenvalue weighted by Gasteiger charge is -2.33. The van der Waals surface area contributed by atoms with Crippen molar-refractivity contribution in [1.82, 2.24) is 9.80 Å². The van der Waals surface area contributed by atoms with Crippen LogP contribution in [0.1, 0.15) is 59.8 Å². The number of hydrogen-bond donors (Lipinski definition) is 0. The van der Waals surface area contributed by atoms with Crippen LogP contribution in [-0.4, -0.2) is 49.4 Å². The molecule has 1 aliphatic rings. The summed E-state index contributed by atoms with van der Waals surface area (Å²) < 4.78 is 0. The zero-order chi connectivity index (χ0) is 18.1. The lowest BCUT2D eigenvalue weighted by Crippen LogP contribution is -2.38. The molecule has 24 heavy (non-hydrogen) atoms. The fourth-order valence-electron chi connectivity index (χ4n) is 3.46. The van der Waals surface area contributed by atoms with Gasteiger partial charge in [0.1, 0.15) is 0 Å². The molecule has 0 heterocycles. The molecule has 3 heteroatoms. The topological polar surface area (TPSA) is 23.6 Å². The molecule has 0 fully saturated rings. The van der Waals surface area contributed by atoms with E-state index in [0.717, 1.165) is 38.9 Å². The standard InChI is InChI=1S/C21H38N2O/c1-17(2)9-7-10-20-11-12-21(18(3)15-20)16-23(19(4)24)14-8-13-22(5)6/h9,11,18,21H,7-8,10,12-16H2,1-6H3/t18-,21-/m0/s1. The maximum atomic E-state index is 12.0. The first kappa shape index (κ1) is 21.0. The molecule has 138 valence electrons.